The van der Waals surface area contributed by atoms with Gasteiger partial charge in [0.15, 0.2) is 11.5 Å². The predicted molar refractivity (Wildman–Crippen MR) is 141 cm³/mol. The number of ether oxygens (including phenoxy) is 1. The zero-order valence-corrected chi connectivity index (χ0v) is 21.5. The number of methoxy groups -OCH3 is 1. The number of rotatable bonds is 7. The predicted octanol–water partition coefficient (Wildman–Crippen LogP) is 3.20. The maximum absolute atomic E-state index is 14.0. The Labute approximate surface area is 217 Å². The van der Waals surface area contributed by atoms with Gasteiger partial charge in [0, 0.05) is 25.7 Å². The molecule has 0 unspecified atom stereocenters. The molecule has 2 heterocycles. The molecule has 1 saturated heterocycles. The van der Waals surface area contributed by atoms with Gasteiger partial charge in [0.2, 0.25) is 10.0 Å². The maximum atomic E-state index is 14.0. The van der Waals surface area contributed by atoms with Crippen molar-refractivity contribution >= 4 is 21.9 Å². The number of carbonyl (C=O) groups excluding carboxylic acids is 1. The van der Waals surface area contributed by atoms with Crippen LogP contribution in [0, 0.1) is 5.92 Å². The molecule has 2 aliphatic rings. The first-order chi connectivity index (χ1) is 17.9. The normalized spacial score (nSPS) is 18.6. The number of nitrogens with zero attached hydrogens (tertiary/aromatic N) is 3. The van der Waals surface area contributed by atoms with Crippen LogP contribution in [0.5, 0.6) is 5.75 Å². The Balaban J connectivity index is 1.33. The molecule has 0 saturated carbocycles. The molecule has 37 heavy (non-hydrogen) atoms. The van der Waals surface area contributed by atoms with Gasteiger partial charge in [0.25, 0.3) is 5.91 Å². The topological polar surface area (TPSA) is 105 Å². The monoisotopic (exact) mass is 518 g/mol. The molecule has 9 heteroatoms. The van der Waals surface area contributed by atoms with E-state index in [0.717, 1.165) is 11.1 Å². The molecule has 3 aromatic carbocycles. The second-order valence-electron chi connectivity index (χ2n) is 9.35. The van der Waals surface area contributed by atoms with Gasteiger partial charge in [-0.05, 0) is 42.0 Å². The molecule has 0 spiro atoms. The van der Waals surface area contributed by atoms with Crippen molar-refractivity contribution in [2.45, 2.75) is 23.3 Å². The molecule has 2 N–H and O–H groups in total. The van der Waals surface area contributed by atoms with Crippen LogP contribution >= 0.6 is 0 Å². The van der Waals surface area contributed by atoms with Crippen LogP contribution in [0.3, 0.4) is 0 Å². The first-order valence-corrected chi connectivity index (χ1v) is 13.7. The van der Waals surface area contributed by atoms with Gasteiger partial charge >= 0.3 is 0 Å². The second kappa shape index (κ2) is 9.99. The van der Waals surface area contributed by atoms with Gasteiger partial charge in [-0.2, -0.15) is 4.31 Å². The minimum atomic E-state index is -3.63. The van der Waals surface area contributed by atoms with Crippen molar-refractivity contribution in [2.24, 2.45) is 16.6 Å². The summed E-state index contributed by atoms with van der Waals surface area (Å²) >= 11 is 0. The lowest BCUT2D eigenvalue weighted by Gasteiger charge is -2.34. The van der Waals surface area contributed by atoms with Crippen LogP contribution in [0.25, 0.3) is 0 Å². The third-order valence-corrected chi connectivity index (χ3v) is 9.08. The fraction of sp³-hybridized carbons (Fsp3) is 0.286. The molecule has 192 valence electrons. The Morgan fingerprint density at radius 3 is 2.11 bits per heavy atom. The Morgan fingerprint density at radius 1 is 0.946 bits per heavy atom. The number of amides is 1. The minimum absolute atomic E-state index is 0.0943. The number of hydrogen-bond acceptors (Lipinski definition) is 6. The maximum Gasteiger partial charge on any atom is 0.266 e. The summed E-state index contributed by atoms with van der Waals surface area (Å²) in [5.74, 6) is 0.591. The highest BCUT2D eigenvalue weighted by Gasteiger charge is 2.51. The second-order valence-corrected chi connectivity index (χ2v) is 11.3. The smallest absolute Gasteiger partial charge is 0.266 e. The van der Waals surface area contributed by atoms with Gasteiger partial charge < -0.3 is 10.5 Å². The SMILES string of the molecule is COc1cccc(S(=O)(=O)N2CCC(CN3C(=O)C(c4ccccc4)(c4ccccc4)N=C3N)CC2)c1. The highest BCUT2D eigenvalue weighted by atomic mass is 32.2. The summed E-state index contributed by atoms with van der Waals surface area (Å²) in [6.07, 6.45) is 1.23. The number of benzene rings is 3. The molecule has 5 rings (SSSR count). The molecule has 0 atom stereocenters. The lowest BCUT2D eigenvalue weighted by molar-refractivity contribution is -0.130. The highest BCUT2D eigenvalue weighted by molar-refractivity contribution is 7.89. The minimum Gasteiger partial charge on any atom is -0.497 e. The van der Waals surface area contributed by atoms with Crippen LogP contribution in [0.4, 0.5) is 0 Å². The molecule has 0 bridgehead atoms. The van der Waals surface area contributed by atoms with Crippen LogP contribution in [0.15, 0.2) is 94.8 Å². The molecular formula is C28H30N4O4S. The van der Waals surface area contributed by atoms with Gasteiger partial charge in [0.1, 0.15) is 5.75 Å². The van der Waals surface area contributed by atoms with Crippen molar-refractivity contribution in [3.8, 4) is 5.75 Å². The largest absolute Gasteiger partial charge is 0.497 e. The number of carbonyl (C=O) groups is 1. The van der Waals surface area contributed by atoms with Crippen molar-refractivity contribution < 1.29 is 17.9 Å². The molecule has 8 nitrogen and oxygen atoms in total. The zero-order valence-electron chi connectivity index (χ0n) is 20.7. The molecule has 1 amide bonds. The summed E-state index contributed by atoms with van der Waals surface area (Å²) in [4.78, 5) is 20.5. The summed E-state index contributed by atoms with van der Waals surface area (Å²) in [6, 6.07) is 25.5. The van der Waals surface area contributed by atoms with Crippen molar-refractivity contribution in [1.29, 1.82) is 0 Å². The Morgan fingerprint density at radius 2 is 1.54 bits per heavy atom. The first kappa shape index (κ1) is 25.0. The average Bonchev–Trinajstić information content (AvgIpc) is 3.20. The van der Waals surface area contributed by atoms with Crippen LogP contribution in [0.2, 0.25) is 0 Å². The van der Waals surface area contributed by atoms with E-state index in [1.165, 1.54) is 17.5 Å². The summed E-state index contributed by atoms with van der Waals surface area (Å²) in [5.41, 5.74) is 6.66. The van der Waals surface area contributed by atoms with Crippen molar-refractivity contribution in [1.82, 2.24) is 9.21 Å². The number of guanidine groups is 1. The van der Waals surface area contributed by atoms with Crippen LogP contribution in [0.1, 0.15) is 24.0 Å². The standard InChI is InChI=1S/C28H30N4O4S/c1-36-24-13-8-14-25(19-24)37(34,35)31-17-15-21(16-18-31)20-32-26(33)28(30-27(32)29,22-9-4-2-5-10-22)23-11-6-3-7-12-23/h2-14,19,21H,15-18,20H2,1H3,(H2,29,30). The van der Waals surface area contributed by atoms with Crippen molar-refractivity contribution in [3.05, 3.63) is 96.1 Å². The zero-order chi connectivity index (χ0) is 26.0. The first-order valence-electron chi connectivity index (χ1n) is 12.3. The van der Waals surface area contributed by atoms with Crippen molar-refractivity contribution in [3.63, 3.8) is 0 Å². The Kier molecular flexibility index (Phi) is 6.74. The summed E-state index contributed by atoms with van der Waals surface area (Å²) in [5, 5.41) is 0. The summed E-state index contributed by atoms with van der Waals surface area (Å²) in [7, 11) is -2.12. The number of hydrogen-bond donors (Lipinski definition) is 1. The molecule has 0 aromatic heterocycles. The molecule has 3 aromatic rings. The fourth-order valence-electron chi connectivity index (χ4n) is 5.16. The molecule has 0 radical (unpaired) electrons. The number of nitrogens with two attached hydrogens (primary N) is 1. The van der Waals surface area contributed by atoms with E-state index < -0.39 is 15.6 Å². The number of piperidine rings is 1. The molecule has 0 aliphatic carbocycles. The quantitative estimate of drug-likeness (QED) is 0.517. The fourth-order valence-corrected chi connectivity index (χ4v) is 6.66. The van der Waals surface area contributed by atoms with Crippen LogP contribution in [-0.4, -0.2) is 56.2 Å². The van der Waals surface area contributed by atoms with E-state index in [9.17, 15) is 13.2 Å². The van der Waals surface area contributed by atoms with E-state index in [0.29, 0.717) is 38.2 Å². The van der Waals surface area contributed by atoms with E-state index in [1.54, 1.807) is 23.1 Å². The van der Waals surface area contributed by atoms with E-state index >= 15 is 0 Å². The van der Waals surface area contributed by atoms with E-state index in [4.69, 9.17) is 15.5 Å². The molecule has 2 aliphatic heterocycles. The molecule has 1 fully saturated rings. The van der Waals surface area contributed by atoms with Gasteiger partial charge in [-0.15, -0.1) is 0 Å². The summed E-state index contributed by atoms with van der Waals surface area (Å²) < 4.78 is 33.0. The van der Waals surface area contributed by atoms with Gasteiger partial charge in [-0.1, -0.05) is 66.7 Å². The Hall–Kier alpha value is -3.69. The molecular weight excluding hydrogens is 488 g/mol. The van der Waals surface area contributed by atoms with E-state index in [-0.39, 0.29) is 22.7 Å². The number of aliphatic imine (C=N–C) groups is 1. The van der Waals surface area contributed by atoms with Gasteiger partial charge in [-0.25, -0.2) is 13.4 Å². The van der Waals surface area contributed by atoms with Gasteiger partial charge in [-0.3, -0.25) is 9.69 Å². The highest BCUT2D eigenvalue weighted by Crippen LogP contribution is 2.40. The number of sulfonamides is 1. The van der Waals surface area contributed by atoms with Gasteiger partial charge in [0.05, 0.1) is 12.0 Å². The average molecular weight is 519 g/mol. The van der Waals surface area contributed by atoms with Crippen LogP contribution in [-0.2, 0) is 20.4 Å². The van der Waals surface area contributed by atoms with Crippen molar-refractivity contribution in [2.75, 3.05) is 26.7 Å². The summed E-state index contributed by atoms with van der Waals surface area (Å²) in [6.45, 7) is 1.13. The van der Waals surface area contributed by atoms with E-state index in [2.05, 4.69) is 0 Å². The van der Waals surface area contributed by atoms with E-state index in [1.807, 2.05) is 60.7 Å². The lowest BCUT2D eigenvalue weighted by atomic mass is 9.82. The Bertz CT molecular complexity index is 1360. The lowest BCUT2D eigenvalue weighted by Crippen LogP contribution is -2.47. The van der Waals surface area contributed by atoms with Crippen LogP contribution < -0.4 is 10.5 Å². The third kappa shape index (κ3) is 4.49. The third-order valence-electron chi connectivity index (χ3n) is 7.19.